The number of benzene rings is 1. The van der Waals surface area contributed by atoms with E-state index in [2.05, 4.69) is 11.4 Å². The molecule has 1 saturated heterocycles. The Kier molecular flexibility index (Phi) is 5.31. The van der Waals surface area contributed by atoms with Gasteiger partial charge in [0.1, 0.15) is 6.07 Å². The van der Waals surface area contributed by atoms with Crippen LogP contribution in [0.2, 0.25) is 0 Å². The molecule has 1 saturated carbocycles. The van der Waals surface area contributed by atoms with Crippen LogP contribution in [0.5, 0.6) is 0 Å². The second-order valence-corrected chi connectivity index (χ2v) is 7.02. The van der Waals surface area contributed by atoms with Crippen molar-refractivity contribution in [2.75, 3.05) is 19.0 Å². The van der Waals surface area contributed by atoms with Gasteiger partial charge in [-0.25, -0.2) is 4.79 Å². The van der Waals surface area contributed by atoms with E-state index >= 15 is 0 Å². The van der Waals surface area contributed by atoms with Crippen molar-refractivity contribution in [3.05, 3.63) is 29.8 Å². The lowest BCUT2D eigenvalue weighted by Gasteiger charge is -2.47. The molecule has 1 aromatic carbocycles. The number of nitriles is 1. The number of carbonyl (C=O) groups is 2. The molecule has 1 aromatic rings. The lowest BCUT2D eigenvalue weighted by Crippen LogP contribution is -2.58. The van der Waals surface area contributed by atoms with E-state index in [4.69, 9.17) is 4.74 Å². The standard InChI is InChI=1S/C19H23N3O4/c1-26-19(25)22-11-13-6-7-15(8-14(13)9-17(22)18(23)24)21-16-5-3-2-4-12(16)10-20/h2-5,13-15,17,21H,6-9,11H2,1H3,(H,23,24)/p-1. The number of anilines is 1. The highest BCUT2D eigenvalue weighted by atomic mass is 16.5. The molecular formula is C19H22N3O4-. The number of hydrogen-bond donors (Lipinski definition) is 1. The fraction of sp³-hybridized carbons (Fsp3) is 0.526. The number of carboxylic acids is 1. The van der Waals surface area contributed by atoms with Crippen LogP contribution in [0, 0.1) is 23.2 Å². The Balaban J connectivity index is 1.70. The summed E-state index contributed by atoms with van der Waals surface area (Å²) in [7, 11) is 1.26. The second-order valence-electron chi connectivity index (χ2n) is 7.02. The molecule has 0 bridgehead atoms. The molecule has 0 spiro atoms. The third-order valence-electron chi connectivity index (χ3n) is 5.56. The van der Waals surface area contributed by atoms with Crippen LogP contribution in [-0.4, -0.2) is 42.7 Å². The zero-order valence-electron chi connectivity index (χ0n) is 14.7. The monoisotopic (exact) mass is 356 g/mol. The Hall–Kier alpha value is -2.75. The van der Waals surface area contributed by atoms with Crippen LogP contribution >= 0.6 is 0 Å². The van der Waals surface area contributed by atoms with Gasteiger partial charge in [-0.1, -0.05) is 12.1 Å². The SMILES string of the molecule is COC(=O)N1CC2CCC(Nc3ccccc3C#N)CC2CC1C(=O)[O-]. The normalized spacial score (nSPS) is 27.8. The lowest BCUT2D eigenvalue weighted by molar-refractivity contribution is -0.312. The molecule has 4 unspecified atom stereocenters. The molecule has 0 radical (unpaired) electrons. The largest absolute Gasteiger partial charge is 0.548 e. The molecule has 7 nitrogen and oxygen atoms in total. The summed E-state index contributed by atoms with van der Waals surface area (Å²) in [5, 5.41) is 24.2. The Morgan fingerprint density at radius 1 is 1.27 bits per heavy atom. The smallest absolute Gasteiger partial charge is 0.410 e. The van der Waals surface area contributed by atoms with Crippen molar-refractivity contribution < 1.29 is 19.4 Å². The average Bonchev–Trinajstić information content (AvgIpc) is 2.66. The lowest BCUT2D eigenvalue weighted by atomic mass is 9.71. The van der Waals surface area contributed by atoms with Gasteiger partial charge in [0.05, 0.1) is 30.4 Å². The van der Waals surface area contributed by atoms with Gasteiger partial charge in [-0.2, -0.15) is 5.26 Å². The molecule has 7 heteroatoms. The summed E-state index contributed by atoms with van der Waals surface area (Å²) < 4.78 is 4.73. The number of carboxylic acid groups (broad SMARTS) is 1. The molecule has 4 atom stereocenters. The first-order valence-corrected chi connectivity index (χ1v) is 8.84. The third kappa shape index (κ3) is 3.59. The van der Waals surface area contributed by atoms with Gasteiger partial charge in [0.15, 0.2) is 0 Å². The van der Waals surface area contributed by atoms with Crippen molar-refractivity contribution in [1.29, 1.82) is 5.26 Å². The number of amides is 1. The summed E-state index contributed by atoms with van der Waals surface area (Å²) in [4.78, 5) is 24.7. The van der Waals surface area contributed by atoms with Gasteiger partial charge >= 0.3 is 6.09 Å². The highest BCUT2D eigenvalue weighted by Crippen LogP contribution is 2.39. The molecular weight excluding hydrogens is 334 g/mol. The van der Waals surface area contributed by atoms with E-state index in [-0.39, 0.29) is 17.9 Å². The number of para-hydroxylation sites is 1. The summed E-state index contributed by atoms with van der Waals surface area (Å²) in [6, 6.07) is 8.78. The molecule has 1 aliphatic carbocycles. The molecule has 3 rings (SSSR count). The summed E-state index contributed by atoms with van der Waals surface area (Å²) in [6.07, 6.45) is 2.38. The fourth-order valence-electron chi connectivity index (χ4n) is 4.25. The zero-order chi connectivity index (χ0) is 18.7. The Morgan fingerprint density at radius 2 is 2.04 bits per heavy atom. The van der Waals surface area contributed by atoms with E-state index in [0.717, 1.165) is 24.9 Å². The number of nitrogens with zero attached hydrogens (tertiary/aromatic N) is 2. The van der Waals surface area contributed by atoms with Crippen molar-refractivity contribution in [3.63, 3.8) is 0 Å². The summed E-state index contributed by atoms with van der Waals surface area (Å²) in [5.41, 5.74) is 1.41. The first-order chi connectivity index (χ1) is 12.5. The molecule has 1 heterocycles. The number of piperidine rings is 1. The average molecular weight is 356 g/mol. The number of hydrogen-bond acceptors (Lipinski definition) is 6. The van der Waals surface area contributed by atoms with Crippen LogP contribution < -0.4 is 10.4 Å². The van der Waals surface area contributed by atoms with Crippen LogP contribution in [-0.2, 0) is 9.53 Å². The van der Waals surface area contributed by atoms with Crippen molar-refractivity contribution >= 4 is 17.7 Å². The fourth-order valence-corrected chi connectivity index (χ4v) is 4.25. The molecule has 26 heavy (non-hydrogen) atoms. The molecule has 1 amide bonds. The highest BCUT2D eigenvalue weighted by molar-refractivity contribution is 5.79. The van der Waals surface area contributed by atoms with Crippen LogP contribution in [0.25, 0.3) is 0 Å². The second kappa shape index (κ2) is 7.65. The van der Waals surface area contributed by atoms with Gasteiger partial charge in [0.2, 0.25) is 0 Å². The van der Waals surface area contributed by atoms with Crippen molar-refractivity contribution in [3.8, 4) is 6.07 Å². The molecule has 0 aromatic heterocycles. The van der Waals surface area contributed by atoms with Crippen LogP contribution in [0.15, 0.2) is 24.3 Å². The third-order valence-corrected chi connectivity index (χ3v) is 5.56. The van der Waals surface area contributed by atoms with E-state index in [1.165, 1.54) is 12.0 Å². The number of methoxy groups -OCH3 is 1. The topological polar surface area (TPSA) is 105 Å². The predicted molar refractivity (Wildman–Crippen MR) is 91.9 cm³/mol. The molecule has 2 aliphatic rings. The van der Waals surface area contributed by atoms with Gasteiger partial charge in [-0.3, -0.25) is 4.90 Å². The predicted octanol–water partition coefficient (Wildman–Crippen LogP) is 1.35. The molecule has 138 valence electrons. The van der Waals surface area contributed by atoms with E-state index in [0.29, 0.717) is 18.5 Å². The van der Waals surface area contributed by atoms with Gasteiger partial charge in [0, 0.05) is 12.6 Å². The Morgan fingerprint density at radius 3 is 2.73 bits per heavy atom. The Bertz CT molecular complexity index is 730. The number of fused-ring (bicyclic) bond motifs is 1. The first-order valence-electron chi connectivity index (χ1n) is 8.84. The first kappa shape index (κ1) is 18.1. The number of ether oxygens (including phenoxy) is 1. The van der Waals surface area contributed by atoms with Crippen molar-refractivity contribution in [2.45, 2.75) is 37.8 Å². The molecule has 1 N–H and O–H groups in total. The number of nitrogens with one attached hydrogen (secondary N) is 1. The number of aliphatic carboxylic acids is 1. The van der Waals surface area contributed by atoms with Crippen LogP contribution in [0.4, 0.5) is 10.5 Å². The van der Waals surface area contributed by atoms with Crippen LogP contribution in [0.1, 0.15) is 31.2 Å². The highest BCUT2D eigenvalue weighted by Gasteiger charge is 2.41. The number of rotatable bonds is 3. The van der Waals surface area contributed by atoms with E-state index in [1.54, 1.807) is 6.07 Å². The maximum absolute atomic E-state index is 11.9. The van der Waals surface area contributed by atoms with Gasteiger partial charge in [-0.05, 0) is 49.7 Å². The summed E-state index contributed by atoms with van der Waals surface area (Å²) in [6.45, 7) is 0.386. The number of likely N-dealkylation sites (tertiary alicyclic amines) is 1. The van der Waals surface area contributed by atoms with E-state index in [9.17, 15) is 20.0 Å². The van der Waals surface area contributed by atoms with Crippen molar-refractivity contribution in [2.24, 2.45) is 11.8 Å². The van der Waals surface area contributed by atoms with Crippen LogP contribution in [0.3, 0.4) is 0 Å². The van der Waals surface area contributed by atoms with Gasteiger partial charge in [-0.15, -0.1) is 0 Å². The minimum atomic E-state index is -1.24. The van der Waals surface area contributed by atoms with Crippen molar-refractivity contribution in [1.82, 2.24) is 4.90 Å². The minimum Gasteiger partial charge on any atom is -0.548 e. The van der Waals surface area contributed by atoms with E-state index < -0.39 is 18.1 Å². The summed E-state index contributed by atoms with van der Waals surface area (Å²) in [5.74, 6) is -0.785. The maximum Gasteiger partial charge on any atom is 0.410 e. The quantitative estimate of drug-likeness (QED) is 0.876. The Labute approximate surface area is 152 Å². The maximum atomic E-state index is 11.9. The van der Waals surface area contributed by atoms with E-state index in [1.807, 2.05) is 18.2 Å². The molecule has 2 fully saturated rings. The number of carbonyl (C=O) groups excluding carboxylic acids is 2. The minimum absolute atomic E-state index is 0.179. The summed E-state index contributed by atoms with van der Waals surface area (Å²) >= 11 is 0. The zero-order valence-corrected chi connectivity index (χ0v) is 14.7. The van der Waals surface area contributed by atoms with Gasteiger partial charge < -0.3 is 20.0 Å². The van der Waals surface area contributed by atoms with Gasteiger partial charge in [0.25, 0.3) is 0 Å². The molecule has 1 aliphatic heterocycles.